The fourth-order valence-corrected chi connectivity index (χ4v) is 1.68. The van der Waals surface area contributed by atoms with E-state index in [-0.39, 0.29) is 12.5 Å². The Labute approximate surface area is 110 Å². The molecule has 0 unspecified atom stereocenters. The summed E-state index contributed by atoms with van der Waals surface area (Å²) in [6.07, 6.45) is 1.51. The second-order valence-electron chi connectivity index (χ2n) is 4.09. The molecule has 0 aromatic carbocycles. The number of aromatic nitrogens is 3. The maximum absolute atomic E-state index is 11.9. The number of fused-ring (bicyclic) bond motifs is 1. The van der Waals surface area contributed by atoms with Crippen LogP contribution in [-0.2, 0) is 9.57 Å². The van der Waals surface area contributed by atoms with Crippen LogP contribution in [0.4, 0.5) is 0 Å². The molecular weight excluding hydrogens is 248 g/mol. The van der Waals surface area contributed by atoms with E-state index in [1.807, 2.05) is 19.9 Å². The third kappa shape index (κ3) is 2.88. The Kier molecular flexibility index (Phi) is 4.08. The Morgan fingerprint density at radius 2 is 2.21 bits per heavy atom. The summed E-state index contributed by atoms with van der Waals surface area (Å²) in [5.74, 6) is -0.351. The van der Waals surface area contributed by atoms with Crippen molar-refractivity contribution >= 4 is 11.6 Å². The Bertz CT molecular complexity index is 594. The first-order valence-electron chi connectivity index (χ1n) is 5.86. The third-order valence-corrected chi connectivity index (χ3v) is 2.65. The summed E-state index contributed by atoms with van der Waals surface area (Å²) in [6.45, 7) is 4.39. The number of amides is 1. The molecule has 0 bridgehead atoms. The van der Waals surface area contributed by atoms with Crippen molar-refractivity contribution in [1.82, 2.24) is 20.1 Å². The average Bonchev–Trinajstić information content (AvgIpc) is 2.76. The zero-order valence-electron chi connectivity index (χ0n) is 11.1. The zero-order valence-corrected chi connectivity index (χ0v) is 11.1. The SMILES string of the molecule is COCCONC(=O)c1cnc2cc(C)nn2c1C. The molecule has 0 spiro atoms. The number of hydroxylamine groups is 1. The van der Waals surface area contributed by atoms with Crippen molar-refractivity contribution in [3.63, 3.8) is 0 Å². The fourth-order valence-electron chi connectivity index (χ4n) is 1.68. The predicted octanol–water partition coefficient (Wildman–Crippen LogP) is 0.654. The van der Waals surface area contributed by atoms with Gasteiger partial charge in [-0.1, -0.05) is 0 Å². The van der Waals surface area contributed by atoms with Gasteiger partial charge in [0.05, 0.1) is 30.2 Å². The van der Waals surface area contributed by atoms with E-state index in [0.717, 1.165) is 5.69 Å². The normalized spacial score (nSPS) is 10.9. The summed E-state index contributed by atoms with van der Waals surface area (Å²) in [6, 6.07) is 1.85. The van der Waals surface area contributed by atoms with Crippen LogP contribution < -0.4 is 5.48 Å². The standard InChI is InChI=1S/C12H16N4O3/c1-8-6-11-13-7-10(9(2)16(11)14-8)12(17)15-19-5-4-18-3/h6-7H,4-5H2,1-3H3,(H,15,17). The molecule has 0 atom stereocenters. The fraction of sp³-hybridized carbons (Fsp3) is 0.417. The van der Waals surface area contributed by atoms with Crippen LogP contribution in [0.2, 0.25) is 0 Å². The summed E-state index contributed by atoms with van der Waals surface area (Å²) < 4.78 is 6.45. The number of carbonyl (C=O) groups excluding carboxylic acids is 1. The minimum atomic E-state index is -0.351. The van der Waals surface area contributed by atoms with E-state index in [9.17, 15) is 4.79 Å². The average molecular weight is 264 g/mol. The van der Waals surface area contributed by atoms with Gasteiger partial charge in [-0.15, -0.1) is 0 Å². The summed E-state index contributed by atoms with van der Waals surface area (Å²) >= 11 is 0. The number of aryl methyl sites for hydroxylation is 2. The van der Waals surface area contributed by atoms with Crippen LogP contribution in [0.5, 0.6) is 0 Å². The molecule has 2 aromatic rings. The first-order valence-corrected chi connectivity index (χ1v) is 5.86. The Balaban J connectivity index is 2.15. The number of rotatable bonds is 5. The molecule has 7 heteroatoms. The van der Waals surface area contributed by atoms with Gasteiger partial charge in [0.15, 0.2) is 5.65 Å². The third-order valence-electron chi connectivity index (χ3n) is 2.65. The Morgan fingerprint density at radius 3 is 2.95 bits per heavy atom. The first kappa shape index (κ1) is 13.4. The van der Waals surface area contributed by atoms with E-state index in [1.54, 1.807) is 11.6 Å². The predicted molar refractivity (Wildman–Crippen MR) is 67.8 cm³/mol. The molecule has 7 nitrogen and oxygen atoms in total. The quantitative estimate of drug-likeness (QED) is 0.634. The largest absolute Gasteiger partial charge is 0.382 e. The van der Waals surface area contributed by atoms with E-state index in [4.69, 9.17) is 9.57 Å². The van der Waals surface area contributed by atoms with Gasteiger partial charge in [-0.25, -0.2) is 15.0 Å². The van der Waals surface area contributed by atoms with E-state index in [1.165, 1.54) is 6.20 Å². The molecule has 0 aliphatic heterocycles. The molecule has 0 saturated carbocycles. The maximum atomic E-state index is 11.9. The van der Waals surface area contributed by atoms with Gasteiger partial charge in [-0.3, -0.25) is 9.63 Å². The van der Waals surface area contributed by atoms with Crippen LogP contribution in [0.3, 0.4) is 0 Å². The summed E-state index contributed by atoms with van der Waals surface area (Å²) in [5, 5.41) is 4.28. The van der Waals surface area contributed by atoms with Crippen molar-refractivity contribution < 1.29 is 14.4 Å². The number of nitrogens with zero attached hydrogens (tertiary/aromatic N) is 3. The van der Waals surface area contributed by atoms with Crippen molar-refractivity contribution in [3.05, 3.63) is 29.2 Å². The van der Waals surface area contributed by atoms with E-state index < -0.39 is 0 Å². The van der Waals surface area contributed by atoms with Crippen molar-refractivity contribution in [2.45, 2.75) is 13.8 Å². The molecule has 1 N–H and O–H groups in total. The van der Waals surface area contributed by atoms with E-state index in [2.05, 4.69) is 15.6 Å². The molecule has 2 aromatic heterocycles. The molecule has 2 rings (SSSR count). The molecular formula is C12H16N4O3. The zero-order chi connectivity index (χ0) is 13.8. The van der Waals surface area contributed by atoms with Crippen molar-refractivity contribution in [2.75, 3.05) is 20.3 Å². The molecule has 19 heavy (non-hydrogen) atoms. The highest BCUT2D eigenvalue weighted by Crippen LogP contribution is 2.10. The lowest BCUT2D eigenvalue weighted by Gasteiger charge is -2.08. The Morgan fingerprint density at radius 1 is 1.42 bits per heavy atom. The Hall–Kier alpha value is -1.99. The lowest BCUT2D eigenvalue weighted by atomic mass is 10.2. The van der Waals surface area contributed by atoms with E-state index in [0.29, 0.717) is 23.5 Å². The van der Waals surface area contributed by atoms with Crippen LogP contribution in [-0.4, -0.2) is 40.8 Å². The minimum Gasteiger partial charge on any atom is -0.382 e. The highest BCUT2D eigenvalue weighted by atomic mass is 16.7. The van der Waals surface area contributed by atoms with Crippen molar-refractivity contribution in [1.29, 1.82) is 0 Å². The van der Waals surface area contributed by atoms with Crippen LogP contribution >= 0.6 is 0 Å². The number of carbonyl (C=O) groups is 1. The van der Waals surface area contributed by atoms with Gasteiger partial charge in [-0.05, 0) is 13.8 Å². The lowest BCUT2D eigenvalue weighted by molar-refractivity contribution is 0.00878. The molecule has 0 aliphatic carbocycles. The highest BCUT2D eigenvalue weighted by Gasteiger charge is 2.13. The number of hydrogen-bond donors (Lipinski definition) is 1. The van der Waals surface area contributed by atoms with Gasteiger partial charge < -0.3 is 4.74 Å². The molecule has 2 heterocycles. The van der Waals surface area contributed by atoms with Crippen LogP contribution in [0.15, 0.2) is 12.3 Å². The molecule has 102 valence electrons. The molecule has 1 amide bonds. The topological polar surface area (TPSA) is 77.8 Å². The summed E-state index contributed by atoms with van der Waals surface area (Å²) in [5.41, 5.74) is 5.05. The second kappa shape index (κ2) is 5.77. The van der Waals surface area contributed by atoms with Gasteiger partial charge in [0, 0.05) is 19.4 Å². The van der Waals surface area contributed by atoms with Gasteiger partial charge >= 0.3 is 0 Å². The number of hydrogen-bond acceptors (Lipinski definition) is 5. The van der Waals surface area contributed by atoms with Crippen LogP contribution in [0.1, 0.15) is 21.7 Å². The summed E-state index contributed by atoms with van der Waals surface area (Å²) in [7, 11) is 1.56. The van der Waals surface area contributed by atoms with Crippen molar-refractivity contribution in [2.24, 2.45) is 0 Å². The molecule has 0 radical (unpaired) electrons. The maximum Gasteiger partial charge on any atom is 0.278 e. The molecule has 0 saturated heterocycles. The second-order valence-corrected chi connectivity index (χ2v) is 4.09. The molecule has 0 aliphatic rings. The van der Waals surface area contributed by atoms with Gasteiger partial charge in [0.25, 0.3) is 5.91 Å². The van der Waals surface area contributed by atoms with Gasteiger partial charge in [0.2, 0.25) is 0 Å². The number of ether oxygens (including phenoxy) is 1. The smallest absolute Gasteiger partial charge is 0.278 e. The highest BCUT2D eigenvalue weighted by molar-refractivity contribution is 5.94. The van der Waals surface area contributed by atoms with Gasteiger partial charge in [0.1, 0.15) is 0 Å². The summed E-state index contributed by atoms with van der Waals surface area (Å²) in [4.78, 5) is 21.1. The van der Waals surface area contributed by atoms with Gasteiger partial charge in [-0.2, -0.15) is 5.10 Å². The van der Waals surface area contributed by atoms with Crippen LogP contribution in [0.25, 0.3) is 5.65 Å². The van der Waals surface area contributed by atoms with Crippen molar-refractivity contribution in [3.8, 4) is 0 Å². The minimum absolute atomic E-state index is 0.290. The van der Waals surface area contributed by atoms with Crippen LogP contribution in [0, 0.1) is 13.8 Å². The van der Waals surface area contributed by atoms with E-state index >= 15 is 0 Å². The lowest BCUT2D eigenvalue weighted by Crippen LogP contribution is -2.27. The number of nitrogens with one attached hydrogen (secondary N) is 1. The molecule has 0 fully saturated rings. The first-order chi connectivity index (χ1) is 9.13. The number of methoxy groups -OCH3 is 1. The monoisotopic (exact) mass is 264 g/mol.